The van der Waals surface area contributed by atoms with E-state index in [-0.39, 0.29) is 42.1 Å². The fourth-order valence-electron chi connectivity index (χ4n) is 2.93. The summed E-state index contributed by atoms with van der Waals surface area (Å²) in [6.45, 7) is 0.231. The number of aromatic nitrogens is 5. The summed E-state index contributed by atoms with van der Waals surface area (Å²) in [5.74, 6) is -3.16. The first-order valence-corrected chi connectivity index (χ1v) is 11.6. The summed E-state index contributed by atoms with van der Waals surface area (Å²) >= 11 is 1.60. The van der Waals surface area contributed by atoms with Crippen molar-refractivity contribution in [2.75, 3.05) is 11.1 Å². The van der Waals surface area contributed by atoms with Gasteiger partial charge in [0.05, 0.1) is 23.9 Å². The van der Waals surface area contributed by atoms with E-state index in [1.807, 2.05) is 5.38 Å². The first-order chi connectivity index (χ1) is 17.7. The van der Waals surface area contributed by atoms with E-state index in [9.17, 15) is 19.2 Å². The molecule has 3 heterocycles. The molecule has 37 heavy (non-hydrogen) atoms. The molecule has 0 aliphatic heterocycles. The summed E-state index contributed by atoms with van der Waals surface area (Å²) in [6.07, 6.45) is 2.61. The molecule has 0 radical (unpaired) electrons. The third-order valence-corrected chi connectivity index (χ3v) is 5.23. The molecule has 0 aliphatic carbocycles. The maximum Gasteiger partial charge on any atom is 0.326 e. The van der Waals surface area contributed by atoms with Gasteiger partial charge in [-0.1, -0.05) is 0 Å². The third kappa shape index (κ3) is 8.07. The van der Waals surface area contributed by atoms with Crippen LogP contribution in [-0.4, -0.2) is 59.0 Å². The molecule has 0 saturated carbocycles. The SMILES string of the molecule is Nc1nc2ncc(CNc3ccc(C(=O)N[C@@H](CCC(=O)O)C(=O)O)cc3)nc2c(=O)[nH]1.c1cscn1. The fraction of sp³-hybridized carbons (Fsp3) is 0.182. The number of H-pyrrole nitrogens is 1. The molecule has 1 amide bonds. The van der Waals surface area contributed by atoms with Gasteiger partial charge < -0.3 is 26.6 Å². The van der Waals surface area contributed by atoms with Gasteiger partial charge in [0.25, 0.3) is 11.5 Å². The number of amides is 1. The van der Waals surface area contributed by atoms with Crippen LogP contribution < -0.4 is 21.9 Å². The molecular weight excluding hydrogens is 504 g/mol. The highest BCUT2D eigenvalue weighted by molar-refractivity contribution is 7.07. The number of carbonyl (C=O) groups excluding carboxylic acids is 1. The highest BCUT2D eigenvalue weighted by atomic mass is 32.1. The zero-order valence-electron chi connectivity index (χ0n) is 19.1. The van der Waals surface area contributed by atoms with Crippen molar-refractivity contribution < 1.29 is 24.6 Å². The highest BCUT2D eigenvalue weighted by Gasteiger charge is 2.21. The number of aromatic amines is 1. The zero-order chi connectivity index (χ0) is 26.8. The number of hydrogen-bond donors (Lipinski definition) is 6. The van der Waals surface area contributed by atoms with E-state index in [4.69, 9.17) is 15.9 Å². The average molecular weight is 527 g/mol. The van der Waals surface area contributed by atoms with Crippen molar-refractivity contribution in [2.24, 2.45) is 0 Å². The lowest BCUT2D eigenvalue weighted by Gasteiger charge is -2.14. The van der Waals surface area contributed by atoms with Crippen LogP contribution >= 0.6 is 11.3 Å². The molecule has 192 valence electrons. The Morgan fingerprint density at radius 2 is 1.89 bits per heavy atom. The lowest BCUT2D eigenvalue weighted by molar-refractivity contribution is -0.140. The van der Waals surface area contributed by atoms with E-state index >= 15 is 0 Å². The molecule has 3 aromatic heterocycles. The Balaban J connectivity index is 0.000000678. The van der Waals surface area contributed by atoms with Crippen LogP contribution in [0.25, 0.3) is 11.2 Å². The molecule has 7 N–H and O–H groups in total. The van der Waals surface area contributed by atoms with E-state index in [0.717, 1.165) is 0 Å². The molecule has 0 spiro atoms. The van der Waals surface area contributed by atoms with Gasteiger partial charge in [0.2, 0.25) is 5.95 Å². The van der Waals surface area contributed by atoms with Crippen LogP contribution in [0, 0.1) is 0 Å². The number of thiazole rings is 1. The third-order valence-electron chi connectivity index (χ3n) is 4.70. The number of nitrogens with zero attached hydrogens (tertiary/aromatic N) is 4. The van der Waals surface area contributed by atoms with Crippen LogP contribution in [0.5, 0.6) is 0 Å². The minimum atomic E-state index is -1.31. The van der Waals surface area contributed by atoms with Crippen LogP contribution in [-0.2, 0) is 16.1 Å². The van der Waals surface area contributed by atoms with Gasteiger partial charge in [-0.05, 0) is 30.7 Å². The minimum Gasteiger partial charge on any atom is -0.481 e. The normalized spacial score (nSPS) is 11.1. The molecule has 4 rings (SSSR count). The predicted molar refractivity (Wildman–Crippen MR) is 134 cm³/mol. The second-order valence-electron chi connectivity index (χ2n) is 7.39. The maximum absolute atomic E-state index is 12.3. The van der Waals surface area contributed by atoms with Crippen LogP contribution in [0.2, 0.25) is 0 Å². The Morgan fingerprint density at radius 1 is 1.14 bits per heavy atom. The van der Waals surface area contributed by atoms with Gasteiger partial charge >= 0.3 is 11.9 Å². The minimum absolute atomic E-state index is 0.0524. The van der Waals surface area contributed by atoms with Crippen LogP contribution in [0.15, 0.2) is 52.3 Å². The largest absolute Gasteiger partial charge is 0.481 e. The van der Waals surface area contributed by atoms with Crippen molar-refractivity contribution in [1.82, 2.24) is 30.2 Å². The van der Waals surface area contributed by atoms with Crippen LogP contribution in [0.1, 0.15) is 28.9 Å². The van der Waals surface area contributed by atoms with Gasteiger partial charge in [0.1, 0.15) is 6.04 Å². The number of hydrogen-bond acceptors (Lipinski definition) is 11. The number of nitrogens with one attached hydrogen (secondary N) is 3. The van der Waals surface area contributed by atoms with E-state index in [1.54, 1.807) is 35.2 Å². The quantitative estimate of drug-likeness (QED) is 0.180. The van der Waals surface area contributed by atoms with Crippen molar-refractivity contribution >= 4 is 52.0 Å². The van der Waals surface area contributed by atoms with Crippen LogP contribution in [0.3, 0.4) is 0 Å². The second-order valence-corrected chi connectivity index (χ2v) is 8.14. The van der Waals surface area contributed by atoms with Gasteiger partial charge in [-0.25, -0.2) is 14.8 Å². The van der Waals surface area contributed by atoms with Crippen molar-refractivity contribution in [3.05, 3.63) is 69.2 Å². The van der Waals surface area contributed by atoms with E-state index < -0.39 is 29.4 Å². The maximum atomic E-state index is 12.3. The number of carboxylic acids is 2. The zero-order valence-corrected chi connectivity index (χ0v) is 19.9. The molecule has 0 unspecified atom stereocenters. The van der Waals surface area contributed by atoms with Crippen molar-refractivity contribution in [3.63, 3.8) is 0 Å². The van der Waals surface area contributed by atoms with Crippen molar-refractivity contribution in [1.29, 1.82) is 0 Å². The van der Waals surface area contributed by atoms with Gasteiger partial charge in [0, 0.05) is 29.2 Å². The number of anilines is 2. The number of carboxylic acid groups (broad SMARTS) is 2. The van der Waals surface area contributed by atoms with Crippen molar-refractivity contribution in [2.45, 2.75) is 25.4 Å². The predicted octanol–water partition coefficient (Wildman–Crippen LogP) is 1.10. The lowest BCUT2D eigenvalue weighted by Crippen LogP contribution is -2.41. The first-order valence-electron chi connectivity index (χ1n) is 10.7. The Bertz CT molecular complexity index is 1410. The molecule has 15 heteroatoms. The summed E-state index contributed by atoms with van der Waals surface area (Å²) in [5.41, 5.74) is 8.26. The Morgan fingerprint density at radius 3 is 2.49 bits per heavy atom. The number of nitrogen functional groups attached to an aromatic ring is 1. The fourth-order valence-corrected chi connectivity index (χ4v) is 3.28. The number of nitrogens with two attached hydrogens (primary N) is 1. The Hall–Kier alpha value is -4.92. The molecule has 0 bridgehead atoms. The van der Waals surface area contributed by atoms with Gasteiger partial charge in [-0.3, -0.25) is 24.4 Å². The lowest BCUT2D eigenvalue weighted by atomic mass is 10.1. The standard InChI is InChI=1S/C19H19N7O6.C3H3NS/c20-19-25-15-14(17(30)26-19)23-11(8-22-15)7-21-10-3-1-9(2-4-10)16(29)24-12(18(31)32)5-6-13(27)28;1-2-5-3-4-1/h1-4,8,12,21H,5-7H2,(H,24,29)(H,27,28)(H,31,32)(H3,20,22,25,26,30);1-3H/t12-;/m0./s1. The number of aliphatic carboxylic acids is 2. The summed E-state index contributed by atoms with van der Waals surface area (Å²) in [4.78, 5) is 64.3. The number of benzene rings is 1. The van der Waals surface area contributed by atoms with Gasteiger partial charge in [-0.2, -0.15) is 4.98 Å². The molecule has 0 aliphatic rings. The number of rotatable bonds is 9. The molecule has 14 nitrogen and oxygen atoms in total. The smallest absolute Gasteiger partial charge is 0.326 e. The first kappa shape index (κ1) is 26.7. The molecule has 1 aromatic carbocycles. The van der Waals surface area contributed by atoms with Gasteiger partial charge in [0.15, 0.2) is 11.2 Å². The Kier molecular flexibility index (Phi) is 9.15. The Labute approximate surface area is 212 Å². The summed E-state index contributed by atoms with van der Waals surface area (Å²) in [5, 5.41) is 25.1. The van der Waals surface area contributed by atoms with E-state index in [2.05, 4.69) is 35.6 Å². The molecule has 4 aromatic rings. The second kappa shape index (κ2) is 12.7. The monoisotopic (exact) mass is 526 g/mol. The van der Waals surface area contributed by atoms with E-state index in [0.29, 0.717) is 11.4 Å². The topological polar surface area (TPSA) is 226 Å². The van der Waals surface area contributed by atoms with Crippen LogP contribution in [0.4, 0.5) is 11.6 Å². The number of fused-ring (bicyclic) bond motifs is 1. The molecule has 0 fully saturated rings. The summed E-state index contributed by atoms with van der Waals surface area (Å²) < 4.78 is 0. The highest BCUT2D eigenvalue weighted by Crippen LogP contribution is 2.12. The molecule has 1 atom stereocenters. The average Bonchev–Trinajstić information content (AvgIpc) is 3.46. The summed E-state index contributed by atoms with van der Waals surface area (Å²) in [7, 11) is 0. The molecule has 0 saturated heterocycles. The van der Waals surface area contributed by atoms with E-state index in [1.165, 1.54) is 18.3 Å². The summed E-state index contributed by atoms with van der Waals surface area (Å²) in [6, 6.07) is 4.86. The molecular formula is C22H22N8O6S. The van der Waals surface area contributed by atoms with Gasteiger partial charge in [-0.15, -0.1) is 11.3 Å². The van der Waals surface area contributed by atoms with Crippen molar-refractivity contribution in [3.8, 4) is 0 Å². The number of carbonyl (C=O) groups is 3.